The normalized spacial score (nSPS) is 11.6. The summed E-state index contributed by atoms with van der Waals surface area (Å²) < 4.78 is 28.7. The van der Waals surface area contributed by atoms with Crippen molar-refractivity contribution in [2.75, 3.05) is 22.7 Å². The maximum absolute atomic E-state index is 12.6. The minimum Gasteiger partial charge on any atom is -0.372 e. The molecule has 7 heteroatoms. The lowest BCUT2D eigenvalue weighted by molar-refractivity contribution is 0.601. The summed E-state index contributed by atoms with van der Waals surface area (Å²) in [6.45, 7) is 6.22. The Labute approximate surface area is 192 Å². The predicted octanol–water partition coefficient (Wildman–Crippen LogP) is 5.69. The number of rotatable bonds is 8. The SMILES string of the molecule is CCN(CC)c1ccc(C=Nc2ccc(S(=O)(=O)Nc3ccc(I)cc3)cc2)cc1. The van der Waals surface area contributed by atoms with Crippen molar-refractivity contribution in [2.45, 2.75) is 18.7 Å². The number of halogens is 1. The van der Waals surface area contributed by atoms with Crippen LogP contribution in [0.1, 0.15) is 19.4 Å². The lowest BCUT2D eigenvalue weighted by atomic mass is 10.2. The van der Waals surface area contributed by atoms with Crippen molar-refractivity contribution >= 4 is 55.9 Å². The summed E-state index contributed by atoms with van der Waals surface area (Å²) in [7, 11) is -3.64. The number of anilines is 2. The molecule has 30 heavy (non-hydrogen) atoms. The van der Waals surface area contributed by atoms with Crippen molar-refractivity contribution in [3.63, 3.8) is 0 Å². The molecule has 0 unspecified atom stereocenters. The summed E-state index contributed by atoms with van der Waals surface area (Å²) in [5.74, 6) is 0. The summed E-state index contributed by atoms with van der Waals surface area (Å²) >= 11 is 2.18. The Hall–Kier alpha value is -2.39. The van der Waals surface area contributed by atoms with E-state index in [1.54, 1.807) is 42.6 Å². The van der Waals surface area contributed by atoms with Crippen molar-refractivity contribution in [3.8, 4) is 0 Å². The maximum atomic E-state index is 12.6. The summed E-state index contributed by atoms with van der Waals surface area (Å²) in [6.07, 6.45) is 1.78. The molecule has 0 spiro atoms. The second-order valence-corrected chi connectivity index (χ2v) is 9.56. The minimum absolute atomic E-state index is 0.198. The second kappa shape index (κ2) is 10.1. The largest absolute Gasteiger partial charge is 0.372 e. The first-order chi connectivity index (χ1) is 14.4. The van der Waals surface area contributed by atoms with Gasteiger partial charge in [-0.2, -0.15) is 0 Å². The molecule has 156 valence electrons. The van der Waals surface area contributed by atoms with Crippen LogP contribution in [0.5, 0.6) is 0 Å². The van der Waals surface area contributed by atoms with Crippen LogP contribution in [0, 0.1) is 3.57 Å². The Bertz CT molecular complexity index is 1090. The van der Waals surface area contributed by atoms with Crippen LogP contribution in [0.4, 0.5) is 17.1 Å². The van der Waals surface area contributed by atoms with Crippen LogP contribution < -0.4 is 9.62 Å². The first-order valence-electron chi connectivity index (χ1n) is 9.69. The number of aliphatic imine (C=N–C) groups is 1. The average Bonchev–Trinajstić information content (AvgIpc) is 2.76. The fourth-order valence-corrected chi connectivity index (χ4v) is 4.37. The zero-order valence-electron chi connectivity index (χ0n) is 16.9. The second-order valence-electron chi connectivity index (χ2n) is 6.63. The average molecular weight is 533 g/mol. The fourth-order valence-electron chi connectivity index (χ4n) is 2.95. The highest BCUT2D eigenvalue weighted by molar-refractivity contribution is 14.1. The van der Waals surface area contributed by atoms with Crippen LogP contribution in [0.2, 0.25) is 0 Å². The van der Waals surface area contributed by atoms with Crippen LogP contribution in [-0.4, -0.2) is 27.7 Å². The Morgan fingerprint density at radius 3 is 2.07 bits per heavy atom. The lowest BCUT2D eigenvalue weighted by Crippen LogP contribution is -2.21. The molecule has 5 nitrogen and oxygen atoms in total. The van der Waals surface area contributed by atoms with E-state index in [4.69, 9.17) is 0 Å². The molecule has 0 saturated carbocycles. The van der Waals surface area contributed by atoms with Gasteiger partial charge in [0.1, 0.15) is 0 Å². The molecule has 0 aliphatic heterocycles. The number of sulfonamides is 1. The van der Waals surface area contributed by atoms with Crippen molar-refractivity contribution in [3.05, 3.63) is 81.9 Å². The Morgan fingerprint density at radius 2 is 1.50 bits per heavy atom. The first kappa shape index (κ1) is 22.3. The highest BCUT2D eigenvalue weighted by atomic mass is 127. The molecule has 0 aliphatic rings. The Kier molecular flexibility index (Phi) is 7.49. The third-order valence-electron chi connectivity index (χ3n) is 4.63. The van der Waals surface area contributed by atoms with Crippen LogP contribution in [0.15, 0.2) is 82.7 Å². The fraction of sp³-hybridized carbons (Fsp3) is 0.174. The lowest BCUT2D eigenvalue weighted by Gasteiger charge is -2.20. The number of nitrogens with zero attached hydrogens (tertiary/aromatic N) is 2. The molecule has 0 fully saturated rings. The molecular formula is C23H24IN3O2S. The molecule has 0 atom stereocenters. The van der Waals surface area contributed by atoms with E-state index in [1.807, 2.05) is 24.3 Å². The molecule has 0 heterocycles. The van der Waals surface area contributed by atoms with Gasteiger partial charge >= 0.3 is 0 Å². The maximum Gasteiger partial charge on any atom is 0.261 e. The van der Waals surface area contributed by atoms with Gasteiger partial charge in [0.05, 0.1) is 10.6 Å². The van der Waals surface area contributed by atoms with Crippen LogP contribution in [-0.2, 0) is 10.0 Å². The predicted molar refractivity (Wildman–Crippen MR) is 134 cm³/mol. The molecule has 1 N–H and O–H groups in total. The summed E-state index contributed by atoms with van der Waals surface area (Å²) in [5, 5.41) is 0. The van der Waals surface area contributed by atoms with Gasteiger partial charge < -0.3 is 4.90 Å². The van der Waals surface area contributed by atoms with Crippen LogP contribution >= 0.6 is 22.6 Å². The summed E-state index contributed by atoms with van der Waals surface area (Å²) in [5.41, 5.74) is 3.40. The van der Waals surface area contributed by atoms with E-state index in [9.17, 15) is 8.42 Å². The van der Waals surface area contributed by atoms with E-state index in [1.165, 1.54) is 5.69 Å². The summed E-state index contributed by atoms with van der Waals surface area (Å²) in [6, 6.07) is 21.9. The third kappa shape index (κ3) is 5.82. The number of hydrogen-bond acceptors (Lipinski definition) is 4. The molecule has 3 aromatic rings. The third-order valence-corrected chi connectivity index (χ3v) is 6.74. The van der Waals surface area contributed by atoms with E-state index in [0.29, 0.717) is 11.4 Å². The minimum atomic E-state index is -3.64. The topological polar surface area (TPSA) is 61.8 Å². The van der Waals surface area contributed by atoms with Gasteiger partial charge in [-0.15, -0.1) is 0 Å². The van der Waals surface area contributed by atoms with Gasteiger partial charge in [0.2, 0.25) is 0 Å². The van der Waals surface area contributed by atoms with Crippen molar-refractivity contribution in [2.24, 2.45) is 4.99 Å². The van der Waals surface area contributed by atoms with Gasteiger partial charge in [-0.3, -0.25) is 9.71 Å². The van der Waals surface area contributed by atoms with Gasteiger partial charge in [-0.25, -0.2) is 8.42 Å². The zero-order chi connectivity index (χ0) is 21.6. The Morgan fingerprint density at radius 1 is 0.900 bits per heavy atom. The zero-order valence-corrected chi connectivity index (χ0v) is 19.9. The molecule has 3 rings (SSSR count). The van der Waals surface area contributed by atoms with Gasteiger partial charge in [0.25, 0.3) is 10.0 Å². The van der Waals surface area contributed by atoms with E-state index >= 15 is 0 Å². The highest BCUT2D eigenvalue weighted by Crippen LogP contribution is 2.21. The standard InChI is InChI=1S/C23H24IN3O2S/c1-3-27(4-2)22-13-5-18(6-14-22)17-25-20-11-15-23(16-12-20)30(28,29)26-21-9-7-19(24)8-10-21/h5-17,26H,3-4H2,1-2H3. The van der Waals surface area contributed by atoms with Crippen molar-refractivity contribution in [1.29, 1.82) is 0 Å². The molecule has 0 aromatic heterocycles. The number of hydrogen-bond donors (Lipinski definition) is 1. The Balaban J connectivity index is 1.68. The van der Waals surface area contributed by atoms with Crippen molar-refractivity contribution < 1.29 is 8.42 Å². The summed E-state index contributed by atoms with van der Waals surface area (Å²) in [4.78, 5) is 6.93. The van der Waals surface area contributed by atoms with Crippen LogP contribution in [0.25, 0.3) is 0 Å². The monoisotopic (exact) mass is 533 g/mol. The van der Waals surface area contributed by atoms with Gasteiger partial charge in [-0.1, -0.05) is 12.1 Å². The molecule has 0 saturated heterocycles. The van der Waals surface area contributed by atoms with E-state index in [2.05, 4.69) is 63.2 Å². The van der Waals surface area contributed by atoms with E-state index < -0.39 is 10.0 Å². The van der Waals surface area contributed by atoms with Gasteiger partial charge in [-0.05, 0) is 103 Å². The quantitative estimate of drug-likeness (QED) is 0.299. The number of benzene rings is 3. The van der Waals surface area contributed by atoms with Gasteiger partial charge in [0.15, 0.2) is 0 Å². The molecule has 0 aliphatic carbocycles. The van der Waals surface area contributed by atoms with E-state index in [0.717, 1.165) is 22.2 Å². The van der Waals surface area contributed by atoms with E-state index in [-0.39, 0.29) is 4.90 Å². The molecule has 0 radical (unpaired) electrons. The van der Waals surface area contributed by atoms with Crippen molar-refractivity contribution in [1.82, 2.24) is 0 Å². The molecule has 0 bridgehead atoms. The van der Waals surface area contributed by atoms with Crippen LogP contribution in [0.3, 0.4) is 0 Å². The molecule has 0 amide bonds. The molecular weight excluding hydrogens is 509 g/mol. The first-order valence-corrected chi connectivity index (χ1v) is 12.2. The van der Waals surface area contributed by atoms with Gasteiger partial charge in [0, 0.05) is 34.2 Å². The highest BCUT2D eigenvalue weighted by Gasteiger charge is 2.13. The smallest absolute Gasteiger partial charge is 0.261 e. The number of nitrogens with one attached hydrogen (secondary N) is 1. The molecule has 3 aromatic carbocycles.